The molecule has 30 heavy (non-hydrogen) atoms. The van der Waals surface area contributed by atoms with Crippen molar-refractivity contribution >= 4 is 17.3 Å². The number of rotatable bonds is 4. The molecule has 0 atom stereocenters. The SMILES string of the molecule is Cc1cc(NC(=O)c2c(C)nn(-c3ccccc3)c2C)ccc1N1CCN(C)CC1. The van der Waals surface area contributed by atoms with Crippen LogP contribution in [0, 0.1) is 20.8 Å². The Hall–Kier alpha value is -3.12. The van der Waals surface area contributed by atoms with Gasteiger partial charge in [0, 0.05) is 37.6 Å². The maximum atomic E-state index is 13.1. The fourth-order valence-electron chi connectivity index (χ4n) is 4.12. The Labute approximate surface area is 178 Å². The summed E-state index contributed by atoms with van der Waals surface area (Å²) in [4.78, 5) is 17.8. The minimum absolute atomic E-state index is 0.126. The number of piperazine rings is 1. The van der Waals surface area contributed by atoms with Gasteiger partial charge >= 0.3 is 0 Å². The van der Waals surface area contributed by atoms with Crippen molar-refractivity contribution in [2.24, 2.45) is 0 Å². The molecule has 1 amide bonds. The first kappa shape index (κ1) is 20.2. The summed E-state index contributed by atoms with van der Waals surface area (Å²) in [6.07, 6.45) is 0. The molecule has 0 unspecified atom stereocenters. The van der Waals surface area contributed by atoms with Crippen LogP contribution >= 0.6 is 0 Å². The van der Waals surface area contributed by atoms with Gasteiger partial charge in [0.1, 0.15) is 0 Å². The van der Waals surface area contributed by atoms with Crippen molar-refractivity contribution in [1.82, 2.24) is 14.7 Å². The fraction of sp³-hybridized carbons (Fsp3) is 0.333. The van der Waals surface area contributed by atoms with Crippen LogP contribution < -0.4 is 10.2 Å². The number of hydrogen-bond acceptors (Lipinski definition) is 4. The number of amides is 1. The minimum Gasteiger partial charge on any atom is -0.369 e. The molecule has 2 aromatic carbocycles. The van der Waals surface area contributed by atoms with Gasteiger partial charge in [0.05, 0.1) is 22.6 Å². The molecular formula is C24H29N5O. The second kappa shape index (κ2) is 8.32. The minimum atomic E-state index is -0.126. The predicted molar refractivity (Wildman–Crippen MR) is 122 cm³/mol. The van der Waals surface area contributed by atoms with E-state index in [-0.39, 0.29) is 5.91 Å². The van der Waals surface area contributed by atoms with Gasteiger partial charge in [-0.2, -0.15) is 5.10 Å². The normalized spacial score (nSPS) is 14.7. The van der Waals surface area contributed by atoms with E-state index in [0.29, 0.717) is 5.56 Å². The molecule has 2 heterocycles. The lowest BCUT2D eigenvalue weighted by molar-refractivity contribution is 0.102. The molecular weight excluding hydrogens is 374 g/mol. The van der Waals surface area contributed by atoms with Crippen LogP contribution in [-0.2, 0) is 0 Å². The molecule has 0 radical (unpaired) electrons. The summed E-state index contributed by atoms with van der Waals surface area (Å²) in [6, 6.07) is 16.0. The van der Waals surface area contributed by atoms with Crippen LogP contribution in [-0.4, -0.2) is 53.8 Å². The van der Waals surface area contributed by atoms with Gasteiger partial charge in [-0.05, 0) is 63.7 Å². The Kier molecular flexibility index (Phi) is 5.59. The van der Waals surface area contributed by atoms with E-state index in [1.807, 2.05) is 54.9 Å². The Morgan fingerprint density at radius 2 is 1.67 bits per heavy atom. The second-order valence-electron chi connectivity index (χ2n) is 8.04. The standard InChI is InChI=1S/C24H29N5O/c1-17-16-20(10-11-22(17)28-14-12-27(4)13-15-28)25-24(30)23-18(2)26-29(19(23)3)21-8-6-5-7-9-21/h5-11,16H,12-15H2,1-4H3,(H,25,30). The van der Waals surface area contributed by atoms with E-state index < -0.39 is 0 Å². The zero-order valence-electron chi connectivity index (χ0n) is 18.1. The summed E-state index contributed by atoms with van der Waals surface area (Å²) < 4.78 is 1.83. The van der Waals surface area contributed by atoms with Gasteiger partial charge in [-0.15, -0.1) is 0 Å². The Morgan fingerprint density at radius 3 is 2.33 bits per heavy atom. The average molecular weight is 404 g/mol. The smallest absolute Gasteiger partial charge is 0.259 e. The van der Waals surface area contributed by atoms with E-state index in [1.54, 1.807) is 0 Å². The molecule has 1 aliphatic heterocycles. The lowest BCUT2D eigenvalue weighted by Gasteiger charge is -2.35. The lowest BCUT2D eigenvalue weighted by Crippen LogP contribution is -2.44. The number of likely N-dealkylation sites (N-methyl/N-ethyl adjacent to an activating group) is 1. The van der Waals surface area contributed by atoms with Gasteiger partial charge < -0.3 is 15.1 Å². The van der Waals surface area contributed by atoms with Crippen LogP contribution in [0.2, 0.25) is 0 Å². The highest BCUT2D eigenvalue weighted by atomic mass is 16.1. The molecule has 1 aliphatic rings. The van der Waals surface area contributed by atoms with Crippen LogP contribution in [0.15, 0.2) is 48.5 Å². The molecule has 0 aliphatic carbocycles. The van der Waals surface area contributed by atoms with Crippen molar-refractivity contribution in [3.05, 3.63) is 71.0 Å². The van der Waals surface area contributed by atoms with E-state index in [9.17, 15) is 4.79 Å². The average Bonchev–Trinajstić information content (AvgIpc) is 3.04. The largest absolute Gasteiger partial charge is 0.369 e. The van der Waals surface area contributed by atoms with Crippen molar-refractivity contribution in [2.75, 3.05) is 43.4 Å². The highest BCUT2D eigenvalue weighted by Gasteiger charge is 2.20. The number of nitrogens with zero attached hydrogens (tertiary/aromatic N) is 4. The van der Waals surface area contributed by atoms with Crippen LogP contribution in [0.3, 0.4) is 0 Å². The maximum Gasteiger partial charge on any atom is 0.259 e. The van der Waals surface area contributed by atoms with Crippen molar-refractivity contribution in [3.63, 3.8) is 0 Å². The number of aryl methyl sites for hydroxylation is 2. The van der Waals surface area contributed by atoms with Crippen LogP contribution in [0.5, 0.6) is 0 Å². The molecule has 1 N–H and O–H groups in total. The van der Waals surface area contributed by atoms with E-state index >= 15 is 0 Å². The quantitative estimate of drug-likeness (QED) is 0.720. The highest BCUT2D eigenvalue weighted by molar-refractivity contribution is 6.06. The summed E-state index contributed by atoms with van der Waals surface area (Å²) in [5.74, 6) is -0.126. The molecule has 4 rings (SSSR count). The molecule has 1 fully saturated rings. The number of carbonyl (C=O) groups is 1. The van der Waals surface area contributed by atoms with Crippen molar-refractivity contribution in [2.45, 2.75) is 20.8 Å². The number of aromatic nitrogens is 2. The zero-order valence-corrected chi connectivity index (χ0v) is 18.1. The number of para-hydroxylation sites is 1. The molecule has 6 heteroatoms. The van der Waals surface area contributed by atoms with Crippen molar-refractivity contribution in [1.29, 1.82) is 0 Å². The molecule has 1 aromatic heterocycles. The topological polar surface area (TPSA) is 53.4 Å². The zero-order chi connectivity index (χ0) is 21.3. The Bertz CT molecular complexity index is 1050. The summed E-state index contributed by atoms with van der Waals surface area (Å²) in [5.41, 5.74) is 6.35. The van der Waals surface area contributed by atoms with Crippen molar-refractivity contribution in [3.8, 4) is 5.69 Å². The van der Waals surface area contributed by atoms with E-state index in [1.165, 1.54) is 11.3 Å². The third-order valence-electron chi connectivity index (χ3n) is 5.82. The molecule has 6 nitrogen and oxygen atoms in total. The van der Waals surface area contributed by atoms with Crippen molar-refractivity contribution < 1.29 is 4.79 Å². The van der Waals surface area contributed by atoms with Gasteiger partial charge in [0.2, 0.25) is 0 Å². The fourth-order valence-corrected chi connectivity index (χ4v) is 4.12. The molecule has 1 saturated heterocycles. The Morgan fingerprint density at radius 1 is 0.967 bits per heavy atom. The predicted octanol–water partition coefficient (Wildman–Crippen LogP) is 3.80. The highest BCUT2D eigenvalue weighted by Crippen LogP contribution is 2.26. The first-order valence-corrected chi connectivity index (χ1v) is 10.4. The van der Waals surface area contributed by atoms with Gasteiger partial charge in [0.25, 0.3) is 5.91 Å². The first-order valence-electron chi connectivity index (χ1n) is 10.4. The van der Waals surface area contributed by atoms with Gasteiger partial charge in [-0.1, -0.05) is 18.2 Å². The molecule has 0 bridgehead atoms. The van der Waals surface area contributed by atoms with E-state index in [4.69, 9.17) is 0 Å². The molecule has 156 valence electrons. The molecule has 0 spiro atoms. The number of carbonyl (C=O) groups excluding carboxylic acids is 1. The number of nitrogens with one attached hydrogen (secondary N) is 1. The Balaban J connectivity index is 1.53. The van der Waals surface area contributed by atoms with Gasteiger partial charge in [-0.3, -0.25) is 4.79 Å². The number of hydrogen-bond donors (Lipinski definition) is 1. The third-order valence-corrected chi connectivity index (χ3v) is 5.82. The number of anilines is 2. The summed E-state index contributed by atoms with van der Waals surface area (Å²) in [7, 11) is 2.16. The third kappa shape index (κ3) is 3.96. The first-order chi connectivity index (χ1) is 14.4. The van der Waals surface area contributed by atoms with E-state index in [2.05, 4.69) is 46.3 Å². The van der Waals surface area contributed by atoms with Crippen LogP contribution in [0.25, 0.3) is 5.69 Å². The summed E-state index contributed by atoms with van der Waals surface area (Å²) in [6.45, 7) is 10.1. The van der Waals surface area contributed by atoms with Gasteiger partial charge in [0.15, 0.2) is 0 Å². The molecule has 0 saturated carbocycles. The monoisotopic (exact) mass is 403 g/mol. The molecule has 3 aromatic rings. The second-order valence-corrected chi connectivity index (χ2v) is 8.04. The van der Waals surface area contributed by atoms with Crippen LogP contribution in [0.4, 0.5) is 11.4 Å². The maximum absolute atomic E-state index is 13.1. The summed E-state index contributed by atoms with van der Waals surface area (Å²) >= 11 is 0. The van der Waals surface area contributed by atoms with Crippen LogP contribution in [0.1, 0.15) is 27.3 Å². The number of benzene rings is 2. The lowest BCUT2D eigenvalue weighted by atomic mass is 10.1. The van der Waals surface area contributed by atoms with Gasteiger partial charge in [-0.25, -0.2) is 4.68 Å². The summed E-state index contributed by atoms with van der Waals surface area (Å²) in [5, 5.41) is 7.65. The van der Waals surface area contributed by atoms with E-state index in [0.717, 1.165) is 48.9 Å².